The third kappa shape index (κ3) is 5.77. The Kier molecular flexibility index (Phi) is 7.22. The van der Waals surface area contributed by atoms with E-state index < -0.39 is 0 Å². The van der Waals surface area contributed by atoms with E-state index in [1.807, 2.05) is 26.0 Å². The predicted octanol–water partition coefficient (Wildman–Crippen LogP) is 4.79. The van der Waals surface area contributed by atoms with Crippen LogP contribution in [-0.2, 0) is 19.7 Å². The van der Waals surface area contributed by atoms with Gasteiger partial charge in [-0.3, -0.25) is 9.69 Å². The molecule has 1 amide bonds. The molecule has 0 saturated carbocycles. The zero-order valence-electron chi connectivity index (χ0n) is 18.9. The number of nitrogens with one attached hydrogen (secondary N) is 1. The number of carbonyl (C=O) groups excluding carboxylic acids is 1. The maximum atomic E-state index is 12.6. The molecule has 0 radical (unpaired) electrons. The molecular formula is C26H31N3O3. The van der Waals surface area contributed by atoms with Crippen LogP contribution in [0.1, 0.15) is 57.8 Å². The van der Waals surface area contributed by atoms with Crippen LogP contribution in [-0.4, -0.2) is 29.1 Å². The molecule has 1 aliphatic rings. The van der Waals surface area contributed by atoms with Crippen molar-refractivity contribution in [1.82, 2.24) is 15.4 Å². The minimum atomic E-state index is -0.120. The standard InChI is InChI=1S/C26H31N3O3/c1-19-25(20(2)32-28-19)18-31-24-8-6-7-23(15-24)26(30)27-16-21-9-11-22(12-10-21)17-29-13-4-3-5-14-29/h6-12,15H,3-5,13-14,16-18H2,1-2H3,(H,27,30). The molecule has 168 valence electrons. The number of rotatable bonds is 8. The zero-order valence-corrected chi connectivity index (χ0v) is 18.9. The maximum absolute atomic E-state index is 12.6. The second kappa shape index (κ2) is 10.5. The Morgan fingerprint density at radius 3 is 2.53 bits per heavy atom. The first-order valence-corrected chi connectivity index (χ1v) is 11.3. The van der Waals surface area contributed by atoms with Crippen molar-refractivity contribution in [3.8, 4) is 5.75 Å². The molecule has 1 fully saturated rings. The first-order chi connectivity index (χ1) is 15.6. The SMILES string of the molecule is Cc1noc(C)c1COc1cccc(C(=O)NCc2ccc(CN3CCCCC3)cc2)c1. The summed E-state index contributed by atoms with van der Waals surface area (Å²) in [5.41, 5.74) is 4.74. The largest absolute Gasteiger partial charge is 0.489 e. The first-order valence-electron chi connectivity index (χ1n) is 11.3. The van der Waals surface area contributed by atoms with Gasteiger partial charge in [0.2, 0.25) is 0 Å². The van der Waals surface area contributed by atoms with E-state index in [4.69, 9.17) is 9.26 Å². The van der Waals surface area contributed by atoms with Gasteiger partial charge in [-0.1, -0.05) is 41.9 Å². The lowest BCUT2D eigenvalue weighted by molar-refractivity contribution is 0.0950. The summed E-state index contributed by atoms with van der Waals surface area (Å²) in [6.07, 6.45) is 3.96. The van der Waals surface area contributed by atoms with Crippen LogP contribution in [0.25, 0.3) is 0 Å². The predicted molar refractivity (Wildman–Crippen MR) is 123 cm³/mol. The lowest BCUT2D eigenvalue weighted by Crippen LogP contribution is -2.29. The minimum absolute atomic E-state index is 0.120. The molecule has 6 heteroatoms. The fraction of sp³-hybridized carbons (Fsp3) is 0.385. The summed E-state index contributed by atoms with van der Waals surface area (Å²) in [4.78, 5) is 15.2. The topological polar surface area (TPSA) is 67.6 Å². The van der Waals surface area contributed by atoms with Crippen LogP contribution in [0.3, 0.4) is 0 Å². The van der Waals surface area contributed by atoms with Gasteiger partial charge in [0.05, 0.1) is 11.3 Å². The molecule has 3 aromatic rings. The number of nitrogens with zero attached hydrogens (tertiary/aromatic N) is 2. The second-order valence-corrected chi connectivity index (χ2v) is 8.46. The van der Waals surface area contributed by atoms with E-state index >= 15 is 0 Å². The number of amides is 1. The number of carbonyl (C=O) groups is 1. The molecule has 4 rings (SSSR count). The van der Waals surface area contributed by atoms with Gasteiger partial charge in [-0.05, 0) is 69.1 Å². The quantitative estimate of drug-likeness (QED) is 0.553. The molecule has 0 spiro atoms. The number of ether oxygens (including phenoxy) is 1. The summed E-state index contributed by atoms with van der Waals surface area (Å²) in [6.45, 7) is 8.00. The normalized spacial score (nSPS) is 14.3. The maximum Gasteiger partial charge on any atom is 0.251 e. The second-order valence-electron chi connectivity index (χ2n) is 8.46. The fourth-order valence-corrected chi connectivity index (χ4v) is 4.01. The van der Waals surface area contributed by atoms with Crippen LogP contribution >= 0.6 is 0 Å². The smallest absolute Gasteiger partial charge is 0.251 e. The van der Waals surface area contributed by atoms with E-state index in [0.29, 0.717) is 24.5 Å². The summed E-state index contributed by atoms with van der Waals surface area (Å²) in [5, 5.41) is 6.94. The van der Waals surface area contributed by atoms with Crippen LogP contribution in [0, 0.1) is 13.8 Å². The molecule has 1 saturated heterocycles. The third-order valence-electron chi connectivity index (χ3n) is 5.99. The van der Waals surface area contributed by atoms with Gasteiger partial charge in [0.1, 0.15) is 18.1 Å². The van der Waals surface area contributed by atoms with Gasteiger partial charge in [-0.25, -0.2) is 0 Å². The highest BCUT2D eigenvalue weighted by atomic mass is 16.5. The van der Waals surface area contributed by atoms with Gasteiger partial charge in [0, 0.05) is 18.7 Å². The van der Waals surface area contributed by atoms with Crippen molar-refractivity contribution in [3.05, 3.63) is 82.2 Å². The summed E-state index contributed by atoms with van der Waals surface area (Å²) < 4.78 is 11.0. The van der Waals surface area contributed by atoms with Gasteiger partial charge in [0.25, 0.3) is 5.91 Å². The van der Waals surface area contributed by atoms with Crippen molar-refractivity contribution in [1.29, 1.82) is 0 Å². The minimum Gasteiger partial charge on any atom is -0.489 e. The average molecular weight is 434 g/mol. The van der Waals surface area contributed by atoms with E-state index in [9.17, 15) is 4.79 Å². The monoisotopic (exact) mass is 433 g/mol. The molecule has 0 unspecified atom stereocenters. The summed E-state index contributed by atoms with van der Waals surface area (Å²) >= 11 is 0. The Morgan fingerprint density at radius 2 is 1.81 bits per heavy atom. The molecule has 1 aliphatic heterocycles. The van der Waals surface area contributed by atoms with Crippen LogP contribution < -0.4 is 10.1 Å². The molecule has 1 aromatic heterocycles. The van der Waals surface area contributed by atoms with Crippen molar-refractivity contribution in [2.45, 2.75) is 52.8 Å². The Hall–Kier alpha value is -3.12. The highest BCUT2D eigenvalue weighted by Gasteiger charge is 2.12. The summed E-state index contributed by atoms with van der Waals surface area (Å²) in [6, 6.07) is 15.8. The highest BCUT2D eigenvalue weighted by molar-refractivity contribution is 5.94. The zero-order chi connectivity index (χ0) is 22.3. The lowest BCUT2D eigenvalue weighted by Gasteiger charge is -2.26. The van der Waals surface area contributed by atoms with Crippen molar-refractivity contribution >= 4 is 5.91 Å². The number of piperidine rings is 1. The highest BCUT2D eigenvalue weighted by Crippen LogP contribution is 2.19. The molecular weight excluding hydrogens is 402 g/mol. The Bertz CT molecular complexity index is 1020. The van der Waals surface area contributed by atoms with Crippen molar-refractivity contribution in [2.75, 3.05) is 13.1 Å². The van der Waals surface area contributed by atoms with E-state index in [0.717, 1.165) is 29.1 Å². The van der Waals surface area contributed by atoms with Gasteiger partial charge in [-0.2, -0.15) is 0 Å². The van der Waals surface area contributed by atoms with Gasteiger partial charge >= 0.3 is 0 Å². The molecule has 0 aliphatic carbocycles. The molecule has 0 bridgehead atoms. The van der Waals surface area contributed by atoms with Crippen molar-refractivity contribution in [2.24, 2.45) is 0 Å². The van der Waals surface area contributed by atoms with Gasteiger partial charge < -0.3 is 14.6 Å². The number of benzene rings is 2. The summed E-state index contributed by atoms with van der Waals surface area (Å²) in [5.74, 6) is 1.27. The number of likely N-dealkylation sites (tertiary alicyclic amines) is 1. The number of hydrogen-bond acceptors (Lipinski definition) is 5. The molecule has 2 aromatic carbocycles. The van der Waals surface area contributed by atoms with Crippen LogP contribution in [0.15, 0.2) is 53.1 Å². The fourth-order valence-electron chi connectivity index (χ4n) is 4.01. The number of aromatic nitrogens is 1. The third-order valence-corrected chi connectivity index (χ3v) is 5.99. The van der Waals surface area contributed by atoms with Crippen molar-refractivity contribution in [3.63, 3.8) is 0 Å². The van der Waals surface area contributed by atoms with E-state index in [-0.39, 0.29) is 5.91 Å². The Labute approximate surface area is 189 Å². The summed E-state index contributed by atoms with van der Waals surface area (Å²) in [7, 11) is 0. The molecule has 32 heavy (non-hydrogen) atoms. The van der Waals surface area contributed by atoms with E-state index in [2.05, 4.69) is 39.6 Å². The lowest BCUT2D eigenvalue weighted by atomic mass is 10.1. The van der Waals surface area contributed by atoms with Crippen LogP contribution in [0.5, 0.6) is 5.75 Å². The Morgan fingerprint density at radius 1 is 1.06 bits per heavy atom. The molecule has 6 nitrogen and oxygen atoms in total. The number of aryl methyl sites for hydroxylation is 2. The molecule has 0 atom stereocenters. The van der Waals surface area contributed by atoms with Crippen LogP contribution in [0.4, 0.5) is 0 Å². The van der Waals surface area contributed by atoms with Gasteiger partial charge in [0.15, 0.2) is 0 Å². The molecule has 1 N–H and O–H groups in total. The molecule has 2 heterocycles. The van der Waals surface area contributed by atoms with Crippen LogP contribution in [0.2, 0.25) is 0 Å². The van der Waals surface area contributed by atoms with Gasteiger partial charge in [-0.15, -0.1) is 0 Å². The van der Waals surface area contributed by atoms with E-state index in [1.54, 1.807) is 12.1 Å². The number of hydrogen-bond donors (Lipinski definition) is 1. The van der Waals surface area contributed by atoms with E-state index in [1.165, 1.54) is 37.9 Å². The van der Waals surface area contributed by atoms with Crippen molar-refractivity contribution < 1.29 is 14.1 Å². The average Bonchev–Trinajstić information content (AvgIpc) is 3.15. The Balaban J connectivity index is 1.28. The first kappa shape index (κ1) is 22.1.